The van der Waals surface area contributed by atoms with Crippen LogP contribution < -0.4 is 0 Å². The Balaban J connectivity index is 3.06. The van der Waals surface area contributed by atoms with Gasteiger partial charge in [0.15, 0.2) is 0 Å². The second-order valence-electron chi connectivity index (χ2n) is 6.85. The van der Waals surface area contributed by atoms with Crippen molar-refractivity contribution in [2.24, 2.45) is 5.92 Å². The Bertz CT molecular complexity index is 487. The van der Waals surface area contributed by atoms with Gasteiger partial charge in [0.25, 0.3) is 0 Å². The number of carbonyl (C=O) groups is 1. The maximum absolute atomic E-state index is 11.7. The van der Waals surface area contributed by atoms with Gasteiger partial charge in [-0.2, -0.15) is 0 Å². The maximum atomic E-state index is 11.7. The largest absolute Gasteiger partial charge is 0.463 e. The van der Waals surface area contributed by atoms with E-state index in [2.05, 4.69) is 58.9 Å². The third kappa shape index (κ3) is 5.74. The van der Waals surface area contributed by atoms with Gasteiger partial charge < -0.3 is 4.74 Å². The molecule has 0 spiro atoms. The van der Waals surface area contributed by atoms with Crippen LogP contribution in [-0.4, -0.2) is 12.6 Å². The molecule has 0 heterocycles. The summed E-state index contributed by atoms with van der Waals surface area (Å²) >= 11 is 0. The van der Waals surface area contributed by atoms with Crippen LogP contribution in [0, 0.1) is 5.92 Å². The summed E-state index contributed by atoms with van der Waals surface area (Å²) in [6.45, 7) is 13.1. The summed E-state index contributed by atoms with van der Waals surface area (Å²) in [6.07, 6.45) is 2.50. The van der Waals surface area contributed by atoms with Gasteiger partial charge in [-0.1, -0.05) is 58.9 Å². The molecule has 0 fully saturated rings. The van der Waals surface area contributed by atoms with Crippen LogP contribution in [0.1, 0.15) is 59.1 Å². The summed E-state index contributed by atoms with van der Waals surface area (Å²) in [5.74, 6) is 0.237. The minimum Gasteiger partial charge on any atom is -0.463 e. The second kappa shape index (κ2) is 7.44. The average molecular weight is 288 g/mol. The molecular weight excluding hydrogens is 260 g/mol. The second-order valence-corrected chi connectivity index (χ2v) is 6.85. The Labute approximate surface area is 129 Å². The number of allylic oxidation sites excluding steroid dienone is 1. The Morgan fingerprint density at radius 3 is 2.19 bits per heavy atom. The van der Waals surface area contributed by atoms with E-state index in [1.54, 1.807) is 6.08 Å². The molecule has 2 nitrogen and oxygen atoms in total. The molecule has 0 amide bonds. The lowest BCUT2D eigenvalue weighted by atomic mass is 9.85. The van der Waals surface area contributed by atoms with E-state index in [-0.39, 0.29) is 11.4 Å². The lowest BCUT2D eigenvalue weighted by Gasteiger charge is -2.20. The highest BCUT2D eigenvalue weighted by atomic mass is 16.5. The normalized spacial score (nSPS) is 12.6. The third-order valence-electron chi connectivity index (χ3n) is 3.33. The predicted molar refractivity (Wildman–Crippen MR) is 89.2 cm³/mol. The van der Waals surface area contributed by atoms with Crippen LogP contribution in [0.4, 0.5) is 0 Å². The number of esters is 1. The Hall–Kier alpha value is -1.57. The van der Waals surface area contributed by atoms with E-state index in [0.717, 1.165) is 17.6 Å². The van der Waals surface area contributed by atoms with Crippen molar-refractivity contribution < 1.29 is 9.53 Å². The van der Waals surface area contributed by atoms with E-state index < -0.39 is 0 Å². The summed E-state index contributed by atoms with van der Waals surface area (Å²) in [6, 6.07) is 8.51. The van der Waals surface area contributed by atoms with E-state index in [1.165, 1.54) is 5.56 Å². The van der Waals surface area contributed by atoms with Crippen molar-refractivity contribution in [3.05, 3.63) is 41.5 Å². The summed E-state index contributed by atoms with van der Waals surface area (Å²) in [5, 5.41) is 0. The van der Waals surface area contributed by atoms with Gasteiger partial charge in [0.1, 0.15) is 0 Å². The smallest absolute Gasteiger partial charge is 0.331 e. The molecule has 0 aromatic heterocycles. The highest BCUT2D eigenvalue weighted by molar-refractivity contribution is 5.91. The molecule has 0 saturated carbocycles. The summed E-state index contributed by atoms with van der Waals surface area (Å²) in [7, 11) is 0. The Morgan fingerprint density at radius 1 is 1.19 bits per heavy atom. The molecule has 0 aliphatic heterocycles. The maximum Gasteiger partial charge on any atom is 0.331 e. The number of ether oxygens (including phenoxy) is 1. The lowest BCUT2D eigenvalue weighted by molar-refractivity contribution is -0.137. The molecule has 2 heteroatoms. The van der Waals surface area contributed by atoms with Gasteiger partial charge >= 0.3 is 5.97 Å². The molecule has 0 atom stereocenters. The molecule has 116 valence electrons. The number of rotatable bonds is 5. The zero-order valence-electron chi connectivity index (χ0n) is 14.2. The first-order valence-electron chi connectivity index (χ1n) is 7.72. The molecule has 0 bridgehead atoms. The van der Waals surface area contributed by atoms with Crippen molar-refractivity contribution in [1.82, 2.24) is 0 Å². The van der Waals surface area contributed by atoms with Crippen molar-refractivity contribution in [3.8, 4) is 0 Å². The molecule has 1 rings (SSSR count). The fourth-order valence-corrected chi connectivity index (χ4v) is 2.21. The third-order valence-corrected chi connectivity index (χ3v) is 3.33. The number of hydrogen-bond donors (Lipinski definition) is 0. The minimum atomic E-state index is -0.256. The van der Waals surface area contributed by atoms with Gasteiger partial charge in [0.2, 0.25) is 0 Å². The van der Waals surface area contributed by atoms with Gasteiger partial charge in [-0.3, -0.25) is 0 Å². The summed E-state index contributed by atoms with van der Waals surface area (Å²) in [5.41, 5.74) is 3.58. The highest BCUT2D eigenvalue weighted by Crippen LogP contribution is 2.27. The van der Waals surface area contributed by atoms with Gasteiger partial charge in [-0.25, -0.2) is 4.79 Å². The molecule has 1 aromatic carbocycles. The van der Waals surface area contributed by atoms with E-state index in [9.17, 15) is 4.79 Å². The van der Waals surface area contributed by atoms with E-state index in [1.807, 2.05) is 6.92 Å². The molecule has 0 aliphatic carbocycles. The first kappa shape index (κ1) is 17.5. The van der Waals surface area contributed by atoms with Crippen LogP contribution in [0.2, 0.25) is 0 Å². The van der Waals surface area contributed by atoms with Crippen molar-refractivity contribution >= 4 is 11.5 Å². The highest BCUT2D eigenvalue weighted by Gasteiger charge is 2.14. The van der Waals surface area contributed by atoms with Crippen LogP contribution in [0.15, 0.2) is 30.3 Å². The molecule has 1 aromatic rings. The van der Waals surface area contributed by atoms with Crippen LogP contribution >= 0.6 is 0 Å². The van der Waals surface area contributed by atoms with Crippen molar-refractivity contribution in [2.45, 2.75) is 53.4 Å². The molecule has 0 radical (unpaired) electrons. The van der Waals surface area contributed by atoms with E-state index in [4.69, 9.17) is 4.74 Å². The van der Waals surface area contributed by atoms with Crippen LogP contribution in [0.25, 0.3) is 5.57 Å². The van der Waals surface area contributed by atoms with Crippen LogP contribution in [0.3, 0.4) is 0 Å². The quantitative estimate of drug-likeness (QED) is 0.564. The molecular formula is C19H28O2. The van der Waals surface area contributed by atoms with Crippen molar-refractivity contribution in [3.63, 3.8) is 0 Å². The van der Waals surface area contributed by atoms with E-state index in [0.29, 0.717) is 12.5 Å². The van der Waals surface area contributed by atoms with Crippen molar-refractivity contribution in [2.75, 3.05) is 6.61 Å². The van der Waals surface area contributed by atoms with Gasteiger partial charge in [0.05, 0.1) is 6.61 Å². The van der Waals surface area contributed by atoms with Gasteiger partial charge in [0, 0.05) is 6.08 Å². The van der Waals surface area contributed by atoms with Gasteiger partial charge in [-0.15, -0.1) is 0 Å². The zero-order valence-corrected chi connectivity index (χ0v) is 14.2. The molecule has 0 saturated heterocycles. The van der Waals surface area contributed by atoms with Gasteiger partial charge in [-0.05, 0) is 41.4 Å². The summed E-state index contributed by atoms with van der Waals surface area (Å²) < 4.78 is 5.04. The summed E-state index contributed by atoms with van der Waals surface area (Å²) in [4.78, 5) is 11.7. The Kier molecular flexibility index (Phi) is 6.19. The number of benzene rings is 1. The first-order chi connectivity index (χ1) is 9.74. The average Bonchev–Trinajstić information content (AvgIpc) is 2.37. The van der Waals surface area contributed by atoms with Crippen LogP contribution in [0.5, 0.6) is 0 Å². The first-order valence-corrected chi connectivity index (χ1v) is 7.72. The predicted octanol–water partition coefficient (Wildman–Crippen LogP) is 4.98. The monoisotopic (exact) mass is 288 g/mol. The molecule has 21 heavy (non-hydrogen) atoms. The molecule has 0 unspecified atom stereocenters. The number of carbonyl (C=O) groups excluding carboxylic acids is 1. The fraction of sp³-hybridized carbons (Fsp3) is 0.526. The standard InChI is InChI=1S/C19H28O2/c1-7-21-18(20)13-16(12-14(2)3)15-8-10-17(11-9-15)19(4,5)6/h8-11,13-14H,7,12H2,1-6H3/b16-13+. The SMILES string of the molecule is CCOC(=O)/C=C(\CC(C)C)c1ccc(C(C)(C)C)cc1. The van der Waals surface area contributed by atoms with Crippen molar-refractivity contribution in [1.29, 1.82) is 0 Å². The fourth-order valence-electron chi connectivity index (χ4n) is 2.21. The lowest BCUT2D eigenvalue weighted by Crippen LogP contribution is -2.10. The topological polar surface area (TPSA) is 26.3 Å². The minimum absolute atomic E-state index is 0.140. The Morgan fingerprint density at radius 2 is 1.76 bits per heavy atom. The van der Waals surface area contributed by atoms with E-state index >= 15 is 0 Å². The number of hydrogen-bond acceptors (Lipinski definition) is 2. The van der Waals surface area contributed by atoms with Crippen LogP contribution in [-0.2, 0) is 14.9 Å². The molecule has 0 aliphatic rings. The zero-order chi connectivity index (χ0) is 16.0. The molecule has 0 N–H and O–H groups in total.